The molecule has 0 bridgehead atoms. The van der Waals surface area contributed by atoms with Crippen LogP contribution in [0.25, 0.3) is 0 Å². The fourth-order valence-corrected chi connectivity index (χ4v) is 5.84. The lowest BCUT2D eigenvalue weighted by Crippen LogP contribution is -2.37. The largest absolute Gasteiger partial charge is 0.472 e. The van der Waals surface area contributed by atoms with E-state index in [2.05, 4.69) is 56.4 Å². The monoisotopic (exact) mass is 821 g/mol. The van der Waals surface area contributed by atoms with E-state index in [0.29, 0.717) is 36.7 Å². The average molecular weight is 821 g/mol. The van der Waals surface area contributed by atoms with E-state index in [-0.39, 0.29) is 26.1 Å². The second-order valence-electron chi connectivity index (χ2n) is 15.2. The predicted molar refractivity (Wildman–Crippen MR) is 235 cm³/mol. The van der Waals surface area contributed by atoms with E-state index in [4.69, 9.17) is 18.5 Å². The van der Waals surface area contributed by atoms with Gasteiger partial charge in [-0.25, -0.2) is 4.57 Å². The summed E-state index contributed by atoms with van der Waals surface area (Å²) in [5, 5.41) is 10.0. The Morgan fingerprint density at radius 3 is 1.89 bits per heavy atom. The Hall–Kier alpha value is -2.85. The highest BCUT2D eigenvalue weighted by atomic mass is 31.2. The highest BCUT2D eigenvalue weighted by molar-refractivity contribution is 7.47. The molecule has 326 valence electrons. The van der Waals surface area contributed by atoms with Gasteiger partial charge in [0.25, 0.3) is 0 Å². The molecule has 2 N–H and O–H groups in total. The fraction of sp³-hybridized carbons (Fsp3) is 0.652. The molecule has 0 aliphatic heterocycles. The molecule has 57 heavy (non-hydrogen) atoms. The predicted octanol–water partition coefficient (Wildman–Crippen LogP) is 11.0. The number of aliphatic hydroxyl groups is 1. The van der Waals surface area contributed by atoms with Crippen molar-refractivity contribution < 1.29 is 47.2 Å². The SMILES string of the molecule is CC/C=C\C/C=C\CC(O)/C=C/C=C\C/C=C\CCCC(=O)OC[C@H](COP(=O)(O)OCC[N+](C)(C)C)OC(=O)CCCCCCC/C=C\C/C=C\CCCCC. The summed E-state index contributed by atoms with van der Waals surface area (Å²) < 4.78 is 34.1. The number of aliphatic hydroxyl groups excluding tert-OH is 1. The molecule has 10 nitrogen and oxygen atoms in total. The van der Waals surface area contributed by atoms with E-state index in [1.807, 2.05) is 57.6 Å². The van der Waals surface area contributed by atoms with Crippen LogP contribution in [0, 0.1) is 0 Å². The zero-order chi connectivity index (χ0) is 42.3. The summed E-state index contributed by atoms with van der Waals surface area (Å²) in [5.41, 5.74) is 0. The molecule has 0 aromatic heterocycles. The summed E-state index contributed by atoms with van der Waals surface area (Å²) in [7, 11) is 1.39. The van der Waals surface area contributed by atoms with Crippen molar-refractivity contribution in [3.8, 4) is 0 Å². The number of hydrogen-bond acceptors (Lipinski definition) is 8. The number of rotatable bonds is 37. The number of phosphoric ester groups is 1. The number of quaternary nitrogens is 1. The highest BCUT2D eigenvalue weighted by Gasteiger charge is 2.27. The van der Waals surface area contributed by atoms with Crippen LogP contribution in [0.5, 0.6) is 0 Å². The molecule has 0 spiro atoms. The lowest BCUT2D eigenvalue weighted by molar-refractivity contribution is -0.870. The van der Waals surface area contributed by atoms with Crippen molar-refractivity contribution in [2.24, 2.45) is 0 Å². The van der Waals surface area contributed by atoms with Crippen molar-refractivity contribution >= 4 is 19.8 Å². The van der Waals surface area contributed by atoms with Gasteiger partial charge in [0.2, 0.25) is 0 Å². The van der Waals surface area contributed by atoms with E-state index in [9.17, 15) is 24.2 Å². The van der Waals surface area contributed by atoms with Gasteiger partial charge in [0.15, 0.2) is 6.10 Å². The van der Waals surface area contributed by atoms with E-state index in [1.54, 1.807) is 6.08 Å². The van der Waals surface area contributed by atoms with Crippen molar-refractivity contribution in [1.29, 1.82) is 0 Å². The van der Waals surface area contributed by atoms with Crippen molar-refractivity contribution in [2.75, 3.05) is 47.5 Å². The number of nitrogens with zero attached hydrogens (tertiary/aromatic N) is 1. The minimum Gasteiger partial charge on any atom is -0.462 e. The van der Waals surface area contributed by atoms with Crippen molar-refractivity contribution in [1.82, 2.24) is 0 Å². The normalized spacial score (nSPS) is 15.0. The first-order chi connectivity index (χ1) is 27.4. The quantitative estimate of drug-likeness (QED) is 0.0157. The maximum atomic E-state index is 12.7. The third kappa shape index (κ3) is 41.1. The second-order valence-corrected chi connectivity index (χ2v) is 16.6. The van der Waals surface area contributed by atoms with Crippen molar-refractivity contribution in [3.63, 3.8) is 0 Å². The van der Waals surface area contributed by atoms with E-state index < -0.39 is 38.6 Å². The maximum absolute atomic E-state index is 12.7. The molecule has 2 unspecified atom stereocenters. The molecule has 0 saturated heterocycles. The minimum absolute atomic E-state index is 0.00523. The van der Waals surface area contributed by atoms with Crippen LogP contribution in [0.3, 0.4) is 0 Å². The first-order valence-corrected chi connectivity index (χ1v) is 22.9. The number of ether oxygens (including phenoxy) is 2. The van der Waals surface area contributed by atoms with Gasteiger partial charge in [0, 0.05) is 12.8 Å². The van der Waals surface area contributed by atoms with Crippen LogP contribution in [0.15, 0.2) is 85.1 Å². The van der Waals surface area contributed by atoms with Crippen LogP contribution >= 0.6 is 7.82 Å². The first kappa shape index (κ1) is 54.2. The molecule has 0 saturated carbocycles. The smallest absolute Gasteiger partial charge is 0.462 e. The number of phosphoric acid groups is 1. The first-order valence-electron chi connectivity index (χ1n) is 21.4. The number of hydrogen-bond donors (Lipinski definition) is 2. The van der Waals surface area contributed by atoms with Crippen LogP contribution in [0.4, 0.5) is 0 Å². The van der Waals surface area contributed by atoms with Gasteiger partial charge in [0.05, 0.1) is 33.9 Å². The van der Waals surface area contributed by atoms with Crippen molar-refractivity contribution in [2.45, 2.75) is 148 Å². The number of likely N-dealkylation sites (N-methyl/N-ethyl adjacent to an activating group) is 1. The number of unbranched alkanes of at least 4 members (excludes halogenated alkanes) is 9. The topological polar surface area (TPSA) is 129 Å². The molecule has 0 heterocycles. The number of carbonyl (C=O) groups excluding carboxylic acids is 2. The maximum Gasteiger partial charge on any atom is 0.472 e. The Kier molecular flexibility index (Phi) is 35.6. The number of carbonyl (C=O) groups is 2. The van der Waals surface area contributed by atoms with Gasteiger partial charge in [-0.15, -0.1) is 0 Å². The standard InChI is InChI=1S/C46H78NO9P/c1-6-8-10-12-14-15-16-17-18-19-20-21-26-30-34-38-46(50)56-44(42-55-57(51,52)54-40-39-47(3,4)5)41-53-45(49)37-33-29-25-23-22-24-28-32-36-43(48)35-31-27-13-11-9-7-2/h9,11,14-15,17-18,23-25,27-28,31-32,36,43-44,48H,6-8,10,12-13,16,19-22,26,29-30,33-35,37-42H2,1-5H3/p+1/b11-9-,15-14-,18-17-,25-23-,28-24-,31-27-,36-32+/t43?,44-/m1/s1. The van der Waals surface area contributed by atoms with Crippen LogP contribution in [-0.2, 0) is 32.7 Å². The second kappa shape index (κ2) is 37.4. The van der Waals surface area contributed by atoms with Crippen LogP contribution < -0.4 is 0 Å². The van der Waals surface area contributed by atoms with Crippen molar-refractivity contribution in [3.05, 3.63) is 85.1 Å². The molecule has 0 amide bonds. The van der Waals surface area contributed by atoms with E-state index in [0.717, 1.165) is 64.2 Å². The van der Waals surface area contributed by atoms with Gasteiger partial charge in [-0.05, 0) is 77.0 Å². The summed E-state index contributed by atoms with van der Waals surface area (Å²) in [6.45, 7) is 4.08. The minimum atomic E-state index is -4.41. The Morgan fingerprint density at radius 2 is 1.23 bits per heavy atom. The summed E-state index contributed by atoms with van der Waals surface area (Å²) >= 11 is 0. The number of allylic oxidation sites excluding steroid dienone is 12. The lowest BCUT2D eigenvalue weighted by atomic mass is 10.1. The molecule has 0 aromatic rings. The Balaban J connectivity index is 4.58. The van der Waals surface area contributed by atoms with E-state index >= 15 is 0 Å². The summed E-state index contributed by atoms with van der Waals surface area (Å²) in [6.07, 6.45) is 43.8. The Morgan fingerprint density at radius 1 is 0.649 bits per heavy atom. The van der Waals surface area contributed by atoms with Gasteiger partial charge in [-0.3, -0.25) is 18.6 Å². The van der Waals surface area contributed by atoms with Gasteiger partial charge in [-0.1, -0.05) is 131 Å². The van der Waals surface area contributed by atoms with E-state index in [1.165, 1.54) is 19.3 Å². The summed E-state index contributed by atoms with van der Waals surface area (Å²) in [4.78, 5) is 35.3. The molecule has 0 radical (unpaired) electrons. The molecular weight excluding hydrogens is 741 g/mol. The van der Waals surface area contributed by atoms with Crippen LogP contribution in [0.1, 0.15) is 136 Å². The van der Waals surface area contributed by atoms with Gasteiger partial charge >= 0.3 is 19.8 Å². The molecular formula is C46H79NO9P+. The molecule has 0 rings (SSSR count). The molecule has 3 atom stereocenters. The van der Waals surface area contributed by atoms with Gasteiger partial charge in [0.1, 0.15) is 19.8 Å². The molecule has 0 aliphatic rings. The third-order valence-electron chi connectivity index (χ3n) is 8.49. The zero-order valence-corrected chi connectivity index (χ0v) is 37.0. The Labute approximate surface area is 346 Å². The average Bonchev–Trinajstić information content (AvgIpc) is 3.15. The van der Waals surface area contributed by atoms with Crippen LogP contribution in [0.2, 0.25) is 0 Å². The third-order valence-corrected chi connectivity index (χ3v) is 9.47. The summed E-state index contributed by atoms with van der Waals surface area (Å²) in [5.74, 6) is -0.932. The highest BCUT2D eigenvalue weighted by Crippen LogP contribution is 2.43. The molecule has 11 heteroatoms. The lowest BCUT2D eigenvalue weighted by Gasteiger charge is -2.24. The van der Waals surface area contributed by atoms with Gasteiger partial charge < -0.3 is 24.0 Å². The summed E-state index contributed by atoms with van der Waals surface area (Å²) in [6, 6.07) is 0. The molecule has 0 aliphatic carbocycles. The van der Waals surface area contributed by atoms with Crippen LogP contribution in [-0.4, -0.2) is 86.1 Å². The Bertz CT molecular complexity index is 1260. The van der Waals surface area contributed by atoms with Gasteiger partial charge in [-0.2, -0.15) is 0 Å². The molecule has 0 aromatic carbocycles. The number of esters is 2. The fourth-order valence-electron chi connectivity index (χ4n) is 5.10. The zero-order valence-electron chi connectivity index (χ0n) is 36.1. The molecule has 0 fully saturated rings.